The van der Waals surface area contributed by atoms with Crippen molar-refractivity contribution in [3.8, 4) is 17.2 Å². The third-order valence-electron chi connectivity index (χ3n) is 6.74. The molecule has 0 unspecified atom stereocenters. The second-order valence-corrected chi connectivity index (χ2v) is 9.21. The van der Waals surface area contributed by atoms with Crippen LogP contribution in [0.25, 0.3) is 22.2 Å². The van der Waals surface area contributed by atoms with Crippen molar-refractivity contribution in [3.05, 3.63) is 90.0 Å². The van der Waals surface area contributed by atoms with E-state index >= 15 is 0 Å². The fraction of sp³-hybridized carbons (Fsp3) is 0.250. The van der Waals surface area contributed by atoms with E-state index < -0.39 is 6.55 Å². The fourth-order valence-corrected chi connectivity index (χ4v) is 4.66. The van der Waals surface area contributed by atoms with Crippen molar-refractivity contribution in [1.29, 1.82) is 5.26 Å². The highest BCUT2D eigenvalue weighted by atomic mass is 19.3. The summed E-state index contributed by atoms with van der Waals surface area (Å²) in [4.78, 5) is 13.2. The summed E-state index contributed by atoms with van der Waals surface area (Å²) in [5.41, 5.74) is 4.89. The van der Waals surface area contributed by atoms with E-state index in [2.05, 4.69) is 42.8 Å². The maximum atomic E-state index is 13.1. The van der Waals surface area contributed by atoms with Gasteiger partial charge in [0.05, 0.1) is 29.2 Å². The van der Waals surface area contributed by atoms with Gasteiger partial charge in [-0.25, -0.2) is 14.2 Å². The van der Waals surface area contributed by atoms with E-state index in [-0.39, 0.29) is 0 Å². The van der Waals surface area contributed by atoms with Crippen LogP contribution < -0.4 is 0 Å². The zero-order valence-electron chi connectivity index (χ0n) is 21.5. The molecule has 0 aliphatic carbocycles. The van der Waals surface area contributed by atoms with Gasteiger partial charge in [-0.15, -0.1) is 0 Å². The molecule has 1 aliphatic heterocycles. The number of halogens is 2. The normalized spacial score (nSPS) is 15.2. The van der Waals surface area contributed by atoms with Crippen LogP contribution in [0, 0.1) is 11.3 Å². The smallest absolute Gasteiger partial charge is 0.333 e. The highest BCUT2D eigenvalue weighted by molar-refractivity contribution is 5.84. The van der Waals surface area contributed by atoms with Gasteiger partial charge in [-0.05, 0) is 43.5 Å². The number of nitrogens with zero attached hydrogens (tertiary/aromatic N) is 9. The average molecular weight is 528 g/mol. The van der Waals surface area contributed by atoms with Crippen LogP contribution in [0.5, 0.6) is 0 Å². The first-order chi connectivity index (χ1) is 19.0. The van der Waals surface area contributed by atoms with E-state index in [1.54, 1.807) is 10.7 Å². The predicted octanol–water partition coefficient (Wildman–Crippen LogP) is 4.62. The summed E-state index contributed by atoms with van der Waals surface area (Å²) < 4.78 is 28.4. The molecule has 0 saturated carbocycles. The van der Waals surface area contributed by atoms with Crippen molar-refractivity contribution in [2.45, 2.75) is 20.0 Å². The second-order valence-electron chi connectivity index (χ2n) is 9.21. The molecule has 0 radical (unpaired) electrons. The molecule has 1 aliphatic rings. The molecule has 4 aromatic heterocycles. The number of allylic oxidation sites excluding steroid dienone is 3. The summed E-state index contributed by atoms with van der Waals surface area (Å²) in [6.07, 6.45) is 11.5. The van der Waals surface area contributed by atoms with Gasteiger partial charge < -0.3 is 4.90 Å². The van der Waals surface area contributed by atoms with Gasteiger partial charge in [0.25, 0.3) is 0 Å². The summed E-state index contributed by atoms with van der Waals surface area (Å²) in [6, 6.07) is 10.00. The Labute approximate surface area is 224 Å². The number of rotatable bonds is 8. The van der Waals surface area contributed by atoms with Gasteiger partial charge in [0.15, 0.2) is 0 Å². The molecular formula is C28H27F2N9. The first-order valence-corrected chi connectivity index (χ1v) is 12.4. The third kappa shape index (κ3) is 5.61. The Bertz CT molecular complexity index is 1570. The quantitative estimate of drug-likeness (QED) is 0.245. The Balaban J connectivity index is 1.40. The second kappa shape index (κ2) is 11.4. The molecule has 0 N–H and O–H groups in total. The van der Waals surface area contributed by atoms with E-state index in [9.17, 15) is 14.0 Å². The Kier molecular flexibility index (Phi) is 7.56. The number of nitriles is 1. The average Bonchev–Trinajstić information content (AvgIpc) is 3.62. The van der Waals surface area contributed by atoms with E-state index in [4.69, 9.17) is 0 Å². The molecule has 39 heavy (non-hydrogen) atoms. The van der Waals surface area contributed by atoms with Crippen LogP contribution in [-0.2, 0) is 6.54 Å². The largest absolute Gasteiger partial charge is 0.354 e. The third-order valence-corrected chi connectivity index (χ3v) is 6.74. The first kappa shape index (κ1) is 25.9. The number of pyridine rings is 2. The number of hydrogen-bond donors (Lipinski definition) is 0. The molecule has 5 heterocycles. The summed E-state index contributed by atoms with van der Waals surface area (Å²) in [5.74, 6) is 0.756. The van der Waals surface area contributed by atoms with Crippen LogP contribution in [0.3, 0.4) is 0 Å². The van der Waals surface area contributed by atoms with Crippen LogP contribution in [-0.4, -0.2) is 67.1 Å². The molecule has 1 saturated heterocycles. The van der Waals surface area contributed by atoms with Gasteiger partial charge in [-0.3, -0.25) is 9.88 Å². The van der Waals surface area contributed by atoms with Gasteiger partial charge in [0.2, 0.25) is 0 Å². The van der Waals surface area contributed by atoms with Gasteiger partial charge in [0.1, 0.15) is 11.9 Å². The van der Waals surface area contributed by atoms with Gasteiger partial charge in [0, 0.05) is 68.0 Å². The molecule has 5 rings (SSSR count). The summed E-state index contributed by atoms with van der Waals surface area (Å²) in [6.45, 7) is 7.14. The molecule has 4 aromatic rings. The molecule has 1 fully saturated rings. The Morgan fingerprint density at radius 3 is 2.62 bits per heavy atom. The monoisotopic (exact) mass is 527 g/mol. The summed E-state index contributed by atoms with van der Waals surface area (Å²) in [5, 5.41) is 17.7. The molecule has 0 atom stereocenters. The number of aliphatic imine (C=N–C) groups is 1. The Morgan fingerprint density at radius 2 is 1.95 bits per heavy atom. The van der Waals surface area contributed by atoms with Crippen molar-refractivity contribution in [2.75, 3.05) is 26.2 Å². The predicted molar refractivity (Wildman–Crippen MR) is 145 cm³/mol. The van der Waals surface area contributed by atoms with Crippen molar-refractivity contribution in [1.82, 2.24) is 34.2 Å². The van der Waals surface area contributed by atoms with E-state index in [0.29, 0.717) is 26.9 Å². The number of alkyl halides is 2. The summed E-state index contributed by atoms with van der Waals surface area (Å²) in [7, 11) is 0. The lowest BCUT2D eigenvalue weighted by Crippen LogP contribution is -2.45. The lowest BCUT2D eigenvalue weighted by atomic mass is 10.0. The highest BCUT2D eigenvalue weighted by Crippen LogP contribution is 2.30. The minimum atomic E-state index is -2.73. The number of fused-ring (bicyclic) bond motifs is 1. The van der Waals surface area contributed by atoms with E-state index in [1.807, 2.05) is 49.5 Å². The standard InChI is InChI=1S/C28H27F2N9/c1-20(6-7-26(32-2)37-11-9-36(10-12-37)19-24-5-3-4-8-33-24)25-13-21(23-16-35-39(18-23)28(29)30)17-38-27(25)22(14-31)15-34-38/h3-8,13,15-18,28H,2,9-12,19H2,1H3/b20-6+,26-7+. The van der Waals surface area contributed by atoms with Gasteiger partial charge in [-0.1, -0.05) is 12.1 Å². The lowest BCUT2D eigenvalue weighted by Gasteiger charge is -2.35. The highest BCUT2D eigenvalue weighted by Gasteiger charge is 2.19. The lowest BCUT2D eigenvalue weighted by molar-refractivity contribution is 0.0566. The maximum Gasteiger partial charge on any atom is 0.333 e. The van der Waals surface area contributed by atoms with Gasteiger partial charge >= 0.3 is 6.55 Å². The number of hydrogen-bond acceptors (Lipinski definition) is 7. The van der Waals surface area contributed by atoms with E-state index in [1.165, 1.54) is 18.6 Å². The van der Waals surface area contributed by atoms with E-state index in [0.717, 1.165) is 55.4 Å². The van der Waals surface area contributed by atoms with Crippen molar-refractivity contribution >= 4 is 17.8 Å². The van der Waals surface area contributed by atoms with Crippen LogP contribution in [0.15, 0.2) is 78.2 Å². The Hall–Kier alpha value is -4.69. The minimum Gasteiger partial charge on any atom is -0.354 e. The summed E-state index contributed by atoms with van der Waals surface area (Å²) >= 11 is 0. The first-order valence-electron chi connectivity index (χ1n) is 12.4. The van der Waals surface area contributed by atoms with Crippen LogP contribution in [0.1, 0.15) is 30.3 Å². The van der Waals surface area contributed by atoms with Crippen molar-refractivity contribution in [2.24, 2.45) is 4.99 Å². The SMILES string of the molecule is C=N/C(=C\C=C(/C)c1cc(-c2cnn(C(F)F)c2)cn2ncc(C#N)c12)N1CCN(Cc2ccccn2)CC1. The minimum absolute atomic E-state index is 0.419. The molecule has 0 bridgehead atoms. The molecule has 198 valence electrons. The number of piperazine rings is 1. The molecule has 0 amide bonds. The molecule has 0 aromatic carbocycles. The molecule has 0 spiro atoms. The van der Waals surface area contributed by atoms with Crippen LogP contribution >= 0.6 is 0 Å². The van der Waals surface area contributed by atoms with Crippen molar-refractivity contribution < 1.29 is 8.78 Å². The molecule has 9 nitrogen and oxygen atoms in total. The molecular weight excluding hydrogens is 500 g/mol. The zero-order valence-corrected chi connectivity index (χ0v) is 21.5. The molecule has 11 heteroatoms. The van der Waals surface area contributed by atoms with Crippen LogP contribution in [0.2, 0.25) is 0 Å². The van der Waals surface area contributed by atoms with Crippen LogP contribution in [0.4, 0.5) is 8.78 Å². The number of aromatic nitrogens is 5. The maximum absolute atomic E-state index is 13.1. The van der Waals surface area contributed by atoms with Crippen molar-refractivity contribution in [3.63, 3.8) is 0 Å². The topological polar surface area (TPSA) is 90.6 Å². The zero-order chi connectivity index (χ0) is 27.4. The Morgan fingerprint density at radius 1 is 1.13 bits per heavy atom. The fourth-order valence-electron chi connectivity index (χ4n) is 4.66. The van der Waals surface area contributed by atoms with Gasteiger partial charge in [-0.2, -0.15) is 24.2 Å².